The average molecular weight is 263 g/mol. The van der Waals surface area contributed by atoms with Crippen molar-refractivity contribution in [2.45, 2.75) is 20.8 Å². The Hall–Kier alpha value is -2.42. The van der Waals surface area contributed by atoms with Crippen LogP contribution in [0.1, 0.15) is 16.7 Å². The molecule has 0 saturated carbocycles. The van der Waals surface area contributed by atoms with E-state index >= 15 is 0 Å². The molecular weight excluding hydrogens is 246 g/mol. The van der Waals surface area contributed by atoms with Gasteiger partial charge in [-0.3, -0.25) is 0 Å². The molecule has 0 spiro atoms. The van der Waals surface area contributed by atoms with Gasteiger partial charge in [0, 0.05) is 11.1 Å². The summed E-state index contributed by atoms with van der Waals surface area (Å²) in [5, 5.41) is 4.42. The monoisotopic (exact) mass is 263 g/mol. The second kappa shape index (κ2) is 4.93. The van der Waals surface area contributed by atoms with Crippen molar-refractivity contribution in [2.75, 3.05) is 5.32 Å². The van der Waals surface area contributed by atoms with Crippen molar-refractivity contribution in [3.8, 4) is 0 Å². The third-order valence-corrected chi connectivity index (χ3v) is 3.56. The van der Waals surface area contributed by atoms with Gasteiger partial charge in [0.2, 0.25) is 0 Å². The Morgan fingerprint density at radius 2 is 1.70 bits per heavy atom. The maximum Gasteiger partial charge on any atom is 0.141 e. The van der Waals surface area contributed by atoms with E-state index in [4.69, 9.17) is 0 Å². The number of anilines is 2. The summed E-state index contributed by atoms with van der Waals surface area (Å²) in [6, 6.07) is 12.5. The van der Waals surface area contributed by atoms with Gasteiger partial charge in [-0.15, -0.1) is 0 Å². The van der Waals surface area contributed by atoms with Crippen LogP contribution in [0.4, 0.5) is 11.5 Å². The van der Waals surface area contributed by atoms with Crippen molar-refractivity contribution in [3.05, 3.63) is 59.4 Å². The minimum Gasteiger partial charge on any atom is -0.340 e. The molecule has 0 fully saturated rings. The summed E-state index contributed by atoms with van der Waals surface area (Å²) in [4.78, 5) is 8.69. The van der Waals surface area contributed by atoms with E-state index in [1.54, 1.807) is 6.33 Å². The van der Waals surface area contributed by atoms with Gasteiger partial charge in [-0.1, -0.05) is 12.1 Å². The smallest absolute Gasteiger partial charge is 0.141 e. The lowest BCUT2D eigenvalue weighted by atomic mass is 10.1. The van der Waals surface area contributed by atoms with Crippen LogP contribution in [0.25, 0.3) is 10.9 Å². The quantitative estimate of drug-likeness (QED) is 0.749. The summed E-state index contributed by atoms with van der Waals surface area (Å²) < 4.78 is 0. The first kappa shape index (κ1) is 12.6. The highest BCUT2D eigenvalue weighted by atomic mass is 15.0. The number of hydrogen-bond acceptors (Lipinski definition) is 3. The normalized spacial score (nSPS) is 10.8. The number of nitrogens with zero attached hydrogens (tertiary/aromatic N) is 2. The minimum absolute atomic E-state index is 0.846. The fourth-order valence-electron chi connectivity index (χ4n) is 2.22. The number of aromatic nitrogens is 2. The Labute approximate surface area is 118 Å². The molecule has 3 heteroatoms. The topological polar surface area (TPSA) is 37.8 Å². The molecule has 100 valence electrons. The van der Waals surface area contributed by atoms with Crippen molar-refractivity contribution in [1.82, 2.24) is 9.97 Å². The Balaban J connectivity index is 2.04. The van der Waals surface area contributed by atoms with Gasteiger partial charge in [0.05, 0.1) is 5.52 Å². The molecule has 20 heavy (non-hydrogen) atoms. The fraction of sp³-hybridized carbons (Fsp3) is 0.176. The lowest BCUT2D eigenvalue weighted by Gasteiger charge is -2.10. The third-order valence-electron chi connectivity index (χ3n) is 3.56. The third kappa shape index (κ3) is 2.35. The van der Waals surface area contributed by atoms with Gasteiger partial charge in [0.15, 0.2) is 0 Å². The van der Waals surface area contributed by atoms with Gasteiger partial charge < -0.3 is 5.32 Å². The molecule has 0 unspecified atom stereocenters. The lowest BCUT2D eigenvalue weighted by molar-refractivity contribution is 1.21. The first-order valence-corrected chi connectivity index (χ1v) is 6.69. The molecular formula is C17H17N3. The molecule has 1 aromatic heterocycles. The Morgan fingerprint density at radius 3 is 2.50 bits per heavy atom. The molecule has 3 aromatic rings. The van der Waals surface area contributed by atoms with Gasteiger partial charge in [0.25, 0.3) is 0 Å². The predicted molar refractivity (Wildman–Crippen MR) is 83.5 cm³/mol. The SMILES string of the molecule is Cc1ccc2c(Nc3ccc(C)c(C)c3)ncnc2c1. The molecule has 3 nitrogen and oxygen atoms in total. The summed E-state index contributed by atoms with van der Waals surface area (Å²) in [5.41, 5.74) is 5.77. The standard InChI is InChI=1S/C17H17N3/c1-11-4-7-15-16(8-11)18-10-19-17(15)20-14-6-5-12(2)13(3)9-14/h4-10H,1-3H3,(H,18,19,20). The number of benzene rings is 2. The highest BCUT2D eigenvalue weighted by Crippen LogP contribution is 2.24. The van der Waals surface area contributed by atoms with Gasteiger partial charge >= 0.3 is 0 Å². The van der Waals surface area contributed by atoms with Crippen LogP contribution >= 0.6 is 0 Å². The second-order valence-corrected chi connectivity index (χ2v) is 5.17. The molecule has 0 aliphatic carbocycles. The van der Waals surface area contributed by atoms with Crippen LogP contribution in [0.2, 0.25) is 0 Å². The van der Waals surface area contributed by atoms with E-state index in [1.165, 1.54) is 16.7 Å². The van der Waals surface area contributed by atoms with Crippen molar-refractivity contribution in [1.29, 1.82) is 0 Å². The van der Waals surface area contributed by atoms with Crippen LogP contribution in [-0.4, -0.2) is 9.97 Å². The lowest BCUT2D eigenvalue weighted by Crippen LogP contribution is -1.97. The molecule has 0 bridgehead atoms. The van der Waals surface area contributed by atoms with E-state index in [0.717, 1.165) is 22.4 Å². The molecule has 2 aromatic carbocycles. The highest BCUT2D eigenvalue weighted by molar-refractivity contribution is 5.90. The molecule has 0 atom stereocenters. The molecule has 1 heterocycles. The van der Waals surface area contributed by atoms with Crippen molar-refractivity contribution in [2.24, 2.45) is 0 Å². The van der Waals surface area contributed by atoms with E-state index in [9.17, 15) is 0 Å². The highest BCUT2D eigenvalue weighted by Gasteiger charge is 2.04. The van der Waals surface area contributed by atoms with Gasteiger partial charge in [-0.05, 0) is 61.7 Å². The summed E-state index contributed by atoms with van der Waals surface area (Å²) >= 11 is 0. The zero-order chi connectivity index (χ0) is 14.1. The van der Waals surface area contributed by atoms with Gasteiger partial charge in [-0.25, -0.2) is 9.97 Å². The number of nitrogens with one attached hydrogen (secondary N) is 1. The summed E-state index contributed by atoms with van der Waals surface area (Å²) in [6.45, 7) is 6.29. The van der Waals surface area contributed by atoms with E-state index in [2.05, 4.69) is 72.5 Å². The largest absolute Gasteiger partial charge is 0.340 e. The van der Waals surface area contributed by atoms with Crippen molar-refractivity contribution in [3.63, 3.8) is 0 Å². The average Bonchev–Trinajstić information content (AvgIpc) is 2.43. The van der Waals surface area contributed by atoms with Gasteiger partial charge in [0.1, 0.15) is 12.1 Å². The first-order valence-electron chi connectivity index (χ1n) is 6.69. The van der Waals surface area contributed by atoms with Crippen LogP contribution in [0, 0.1) is 20.8 Å². The summed E-state index contributed by atoms with van der Waals surface area (Å²) in [7, 11) is 0. The van der Waals surface area contributed by atoms with E-state index < -0.39 is 0 Å². The fourth-order valence-corrected chi connectivity index (χ4v) is 2.22. The summed E-state index contributed by atoms with van der Waals surface area (Å²) in [6.07, 6.45) is 1.60. The van der Waals surface area contributed by atoms with Crippen LogP contribution in [0.3, 0.4) is 0 Å². The molecule has 0 amide bonds. The van der Waals surface area contributed by atoms with Gasteiger partial charge in [-0.2, -0.15) is 0 Å². The first-order chi connectivity index (χ1) is 9.63. The van der Waals surface area contributed by atoms with Crippen LogP contribution in [-0.2, 0) is 0 Å². The maximum atomic E-state index is 4.36. The molecule has 0 saturated heterocycles. The molecule has 1 N–H and O–H groups in total. The predicted octanol–water partition coefficient (Wildman–Crippen LogP) is 4.30. The van der Waals surface area contributed by atoms with Crippen molar-refractivity contribution < 1.29 is 0 Å². The Kier molecular flexibility index (Phi) is 3.11. The maximum absolute atomic E-state index is 4.36. The second-order valence-electron chi connectivity index (χ2n) is 5.17. The molecule has 0 radical (unpaired) electrons. The molecule has 0 aliphatic heterocycles. The molecule has 3 rings (SSSR count). The van der Waals surface area contributed by atoms with E-state index in [1.807, 2.05) is 0 Å². The van der Waals surface area contributed by atoms with E-state index in [0.29, 0.717) is 0 Å². The zero-order valence-corrected chi connectivity index (χ0v) is 11.9. The summed E-state index contributed by atoms with van der Waals surface area (Å²) in [5.74, 6) is 0.846. The number of rotatable bonds is 2. The zero-order valence-electron chi connectivity index (χ0n) is 11.9. The number of fused-ring (bicyclic) bond motifs is 1. The van der Waals surface area contributed by atoms with E-state index in [-0.39, 0.29) is 0 Å². The van der Waals surface area contributed by atoms with Crippen LogP contribution in [0.15, 0.2) is 42.7 Å². The number of aryl methyl sites for hydroxylation is 3. The Bertz CT molecular complexity index is 778. The van der Waals surface area contributed by atoms with Crippen LogP contribution < -0.4 is 5.32 Å². The minimum atomic E-state index is 0.846. The molecule has 0 aliphatic rings. The number of hydrogen-bond donors (Lipinski definition) is 1. The van der Waals surface area contributed by atoms with Crippen molar-refractivity contribution >= 4 is 22.4 Å². The Morgan fingerprint density at radius 1 is 0.850 bits per heavy atom. The van der Waals surface area contributed by atoms with Crippen LogP contribution in [0.5, 0.6) is 0 Å².